The Morgan fingerprint density at radius 3 is 2.39 bits per heavy atom. The molecular formula is C23H32N4O4. The van der Waals surface area contributed by atoms with Gasteiger partial charge in [-0.25, -0.2) is 0 Å². The number of hydrogen-bond acceptors (Lipinski definition) is 6. The molecule has 0 unspecified atom stereocenters. The van der Waals surface area contributed by atoms with E-state index in [2.05, 4.69) is 27.2 Å². The lowest BCUT2D eigenvalue weighted by atomic mass is 10.2. The summed E-state index contributed by atoms with van der Waals surface area (Å²) in [4.78, 5) is 29.3. The van der Waals surface area contributed by atoms with Crippen molar-refractivity contribution < 1.29 is 14.3 Å². The smallest absolute Gasteiger partial charge is 0.239 e. The van der Waals surface area contributed by atoms with Gasteiger partial charge in [-0.05, 0) is 30.7 Å². The number of carbonyl (C=O) groups excluding carboxylic acids is 1. The van der Waals surface area contributed by atoms with Gasteiger partial charge in [0.25, 0.3) is 0 Å². The summed E-state index contributed by atoms with van der Waals surface area (Å²) in [6.07, 6.45) is 2.52. The largest absolute Gasteiger partial charge is 0.497 e. The lowest BCUT2D eigenvalue weighted by molar-refractivity contribution is -0.121. The van der Waals surface area contributed by atoms with Gasteiger partial charge in [0.2, 0.25) is 11.3 Å². The molecular weight excluding hydrogens is 396 g/mol. The highest BCUT2D eigenvalue weighted by molar-refractivity contribution is 5.75. The van der Waals surface area contributed by atoms with Crippen molar-refractivity contribution >= 4 is 11.6 Å². The number of ether oxygens (including phenoxy) is 2. The molecule has 0 saturated carbocycles. The van der Waals surface area contributed by atoms with Gasteiger partial charge in [-0.15, -0.1) is 0 Å². The molecule has 2 aromatic rings. The molecule has 1 saturated heterocycles. The molecule has 0 atom stereocenters. The highest BCUT2D eigenvalue weighted by Gasteiger charge is 2.19. The van der Waals surface area contributed by atoms with Crippen LogP contribution in [0.2, 0.25) is 0 Å². The van der Waals surface area contributed by atoms with E-state index in [1.165, 1.54) is 12.8 Å². The number of piperazine rings is 1. The first-order chi connectivity index (χ1) is 15.0. The molecule has 1 amide bonds. The first kappa shape index (κ1) is 22.7. The number of nitrogens with zero attached hydrogens (tertiary/aromatic N) is 3. The van der Waals surface area contributed by atoms with Crippen molar-refractivity contribution in [1.82, 2.24) is 14.8 Å². The van der Waals surface area contributed by atoms with Gasteiger partial charge in [0.15, 0.2) is 5.75 Å². The van der Waals surface area contributed by atoms with Crippen molar-refractivity contribution in [3.8, 4) is 11.5 Å². The second kappa shape index (κ2) is 10.9. The van der Waals surface area contributed by atoms with Crippen LogP contribution in [0.3, 0.4) is 0 Å². The van der Waals surface area contributed by atoms with Crippen LogP contribution in [0.5, 0.6) is 11.5 Å². The minimum absolute atomic E-state index is 0.0712. The molecule has 0 bridgehead atoms. The van der Waals surface area contributed by atoms with E-state index in [1.54, 1.807) is 19.4 Å². The van der Waals surface area contributed by atoms with Gasteiger partial charge in [-0.1, -0.05) is 6.92 Å². The molecule has 3 rings (SSSR count). The third-order valence-electron chi connectivity index (χ3n) is 5.48. The quantitative estimate of drug-likeness (QED) is 0.655. The van der Waals surface area contributed by atoms with Crippen molar-refractivity contribution in [3.63, 3.8) is 0 Å². The van der Waals surface area contributed by atoms with Crippen LogP contribution in [0.25, 0.3) is 0 Å². The summed E-state index contributed by atoms with van der Waals surface area (Å²) in [5.74, 6) is 1.03. The molecule has 1 fully saturated rings. The molecule has 2 heterocycles. The van der Waals surface area contributed by atoms with E-state index in [-0.39, 0.29) is 23.6 Å². The Morgan fingerprint density at radius 2 is 1.77 bits per heavy atom. The summed E-state index contributed by atoms with van der Waals surface area (Å²) in [5.41, 5.74) is 1.82. The van der Waals surface area contributed by atoms with Crippen molar-refractivity contribution in [1.29, 1.82) is 0 Å². The molecule has 1 aromatic heterocycles. The van der Waals surface area contributed by atoms with Crippen molar-refractivity contribution in [2.24, 2.45) is 0 Å². The lowest BCUT2D eigenvalue weighted by Gasteiger charge is -2.36. The van der Waals surface area contributed by atoms with Gasteiger partial charge < -0.3 is 24.3 Å². The van der Waals surface area contributed by atoms with E-state index in [0.29, 0.717) is 13.1 Å². The summed E-state index contributed by atoms with van der Waals surface area (Å²) < 4.78 is 12.2. The van der Waals surface area contributed by atoms with E-state index < -0.39 is 0 Å². The minimum atomic E-state index is -0.167. The standard InChI is InChI=1S/C23H32N4O4/c1-4-9-24-23(29)17-27-16-22(31-3)21(28)14-19(27)15-25-10-12-26(13-11-25)18-5-7-20(30-2)8-6-18/h5-8,14,16H,4,9-13,15,17H2,1-3H3,(H,24,29). The second-order valence-electron chi connectivity index (χ2n) is 7.64. The number of benzene rings is 1. The Hall–Kier alpha value is -3.00. The van der Waals surface area contributed by atoms with Gasteiger partial charge in [0.05, 0.1) is 20.4 Å². The van der Waals surface area contributed by atoms with E-state index in [1.807, 2.05) is 23.6 Å². The van der Waals surface area contributed by atoms with Crippen LogP contribution in [0, 0.1) is 0 Å². The Labute approximate surface area is 183 Å². The van der Waals surface area contributed by atoms with Crippen molar-refractivity contribution in [2.45, 2.75) is 26.4 Å². The number of pyridine rings is 1. The molecule has 168 valence electrons. The topological polar surface area (TPSA) is 76.0 Å². The van der Waals surface area contributed by atoms with Crippen LogP contribution in [-0.2, 0) is 17.9 Å². The van der Waals surface area contributed by atoms with Crippen LogP contribution in [-0.4, -0.2) is 62.3 Å². The fraction of sp³-hybridized carbons (Fsp3) is 0.478. The Morgan fingerprint density at radius 1 is 1.06 bits per heavy atom. The highest BCUT2D eigenvalue weighted by atomic mass is 16.5. The summed E-state index contributed by atoms with van der Waals surface area (Å²) in [5, 5.41) is 2.89. The normalized spacial score (nSPS) is 14.4. The van der Waals surface area contributed by atoms with Crippen LogP contribution >= 0.6 is 0 Å². The van der Waals surface area contributed by atoms with Crippen LogP contribution in [0.4, 0.5) is 5.69 Å². The first-order valence-corrected chi connectivity index (χ1v) is 10.7. The molecule has 8 heteroatoms. The zero-order valence-corrected chi connectivity index (χ0v) is 18.6. The number of nitrogens with one attached hydrogen (secondary N) is 1. The molecule has 1 N–H and O–H groups in total. The van der Waals surface area contributed by atoms with Gasteiger partial charge in [0, 0.05) is 56.7 Å². The Bertz CT molecular complexity index is 918. The molecule has 8 nitrogen and oxygen atoms in total. The molecule has 31 heavy (non-hydrogen) atoms. The Kier molecular flexibility index (Phi) is 7.94. The first-order valence-electron chi connectivity index (χ1n) is 10.7. The monoisotopic (exact) mass is 428 g/mol. The van der Waals surface area contributed by atoms with E-state index >= 15 is 0 Å². The van der Waals surface area contributed by atoms with E-state index in [4.69, 9.17) is 9.47 Å². The number of carbonyl (C=O) groups is 1. The van der Waals surface area contributed by atoms with Gasteiger partial charge >= 0.3 is 0 Å². The fourth-order valence-electron chi connectivity index (χ4n) is 3.69. The number of amides is 1. The summed E-state index contributed by atoms with van der Waals surface area (Å²) in [6, 6.07) is 9.68. The summed E-state index contributed by atoms with van der Waals surface area (Å²) in [7, 11) is 3.14. The number of hydrogen-bond donors (Lipinski definition) is 1. The predicted octanol–water partition coefficient (Wildman–Crippen LogP) is 1.71. The number of methoxy groups -OCH3 is 2. The minimum Gasteiger partial charge on any atom is -0.497 e. The molecule has 0 spiro atoms. The average Bonchev–Trinajstić information content (AvgIpc) is 2.80. The average molecular weight is 429 g/mol. The molecule has 0 radical (unpaired) electrons. The van der Waals surface area contributed by atoms with Crippen molar-refractivity contribution in [2.75, 3.05) is 51.8 Å². The second-order valence-corrected chi connectivity index (χ2v) is 7.64. The molecule has 1 aliphatic heterocycles. The summed E-state index contributed by atoms with van der Waals surface area (Å²) in [6.45, 7) is 6.95. The van der Waals surface area contributed by atoms with Crippen molar-refractivity contribution in [3.05, 3.63) is 52.4 Å². The maximum absolute atomic E-state index is 12.3. The number of anilines is 1. The van der Waals surface area contributed by atoms with Crippen LogP contribution in [0.15, 0.2) is 41.3 Å². The number of rotatable bonds is 9. The Balaban J connectivity index is 1.66. The van der Waals surface area contributed by atoms with Gasteiger partial charge in [-0.3, -0.25) is 14.5 Å². The maximum Gasteiger partial charge on any atom is 0.239 e. The van der Waals surface area contributed by atoms with Crippen LogP contribution in [0.1, 0.15) is 19.0 Å². The van der Waals surface area contributed by atoms with Gasteiger partial charge in [0.1, 0.15) is 12.3 Å². The highest BCUT2D eigenvalue weighted by Crippen LogP contribution is 2.21. The molecule has 0 aliphatic carbocycles. The lowest BCUT2D eigenvalue weighted by Crippen LogP contribution is -2.46. The third-order valence-corrected chi connectivity index (χ3v) is 5.48. The predicted molar refractivity (Wildman–Crippen MR) is 121 cm³/mol. The molecule has 1 aromatic carbocycles. The SMILES string of the molecule is CCCNC(=O)Cn1cc(OC)c(=O)cc1CN1CCN(c2ccc(OC)cc2)CC1. The van der Waals surface area contributed by atoms with E-state index in [0.717, 1.165) is 44.0 Å². The fourth-order valence-corrected chi connectivity index (χ4v) is 3.69. The molecule has 1 aliphatic rings. The van der Waals surface area contributed by atoms with E-state index in [9.17, 15) is 9.59 Å². The number of aromatic nitrogens is 1. The zero-order chi connectivity index (χ0) is 22.2. The maximum atomic E-state index is 12.3. The third kappa shape index (κ3) is 6.01. The summed E-state index contributed by atoms with van der Waals surface area (Å²) >= 11 is 0. The van der Waals surface area contributed by atoms with Crippen LogP contribution < -0.4 is 25.1 Å². The zero-order valence-electron chi connectivity index (χ0n) is 18.6. The van der Waals surface area contributed by atoms with Gasteiger partial charge in [-0.2, -0.15) is 0 Å².